The van der Waals surface area contributed by atoms with E-state index in [0.29, 0.717) is 28.7 Å². The van der Waals surface area contributed by atoms with Gasteiger partial charge in [0.1, 0.15) is 0 Å². The molecule has 1 amide bonds. The lowest BCUT2D eigenvalue weighted by molar-refractivity contribution is -0.141. The first-order chi connectivity index (χ1) is 21.4. The predicted molar refractivity (Wildman–Crippen MR) is 155 cm³/mol. The minimum Gasteiger partial charge on any atom is -0.493 e. The first-order valence-corrected chi connectivity index (χ1v) is 14.1. The van der Waals surface area contributed by atoms with Crippen LogP contribution >= 0.6 is 0 Å². The molecular formula is C32H30N4O8. The summed E-state index contributed by atoms with van der Waals surface area (Å²) in [5, 5.41) is 11.4. The summed E-state index contributed by atoms with van der Waals surface area (Å²) < 4.78 is 35.5. The van der Waals surface area contributed by atoms with E-state index in [4.69, 9.17) is 28.4 Å². The summed E-state index contributed by atoms with van der Waals surface area (Å²) in [7, 11) is 4.62. The topological polar surface area (TPSA) is 132 Å². The Hall–Kier alpha value is -5.26. The van der Waals surface area contributed by atoms with Crippen molar-refractivity contribution in [2.75, 3.05) is 34.7 Å². The third-order valence-corrected chi connectivity index (χ3v) is 8.54. The second-order valence-electron chi connectivity index (χ2n) is 10.9. The van der Waals surface area contributed by atoms with E-state index in [-0.39, 0.29) is 25.1 Å². The summed E-state index contributed by atoms with van der Waals surface area (Å²) in [5.41, 5.74) is 4.36. The quantitative estimate of drug-likeness (QED) is 0.314. The molecule has 1 fully saturated rings. The van der Waals surface area contributed by atoms with Crippen molar-refractivity contribution in [2.24, 2.45) is 11.8 Å². The lowest BCUT2D eigenvalue weighted by Gasteiger charge is -2.39. The van der Waals surface area contributed by atoms with E-state index in [2.05, 4.69) is 15.6 Å². The van der Waals surface area contributed by atoms with Gasteiger partial charge in [-0.2, -0.15) is 0 Å². The molecule has 7 rings (SSSR count). The van der Waals surface area contributed by atoms with Crippen LogP contribution in [0.2, 0.25) is 0 Å². The van der Waals surface area contributed by atoms with Gasteiger partial charge in [-0.1, -0.05) is 22.9 Å². The highest BCUT2D eigenvalue weighted by molar-refractivity contribution is 5.92. The number of methoxy groups -OCH3 is 3. The number of benzene rings is 3. The number of esters is 1. The van der Waals surface area contributed by atoms with Crippen LogP contribution < -0.4 is 29.0 Å². The Morgan fingerprint density at radius 1 is 0.932 bits per heavy atom. The molecule has 44 heavy (non-hydrogen) atoms. The van der Waals surface area contributed by atoms with E-state index in [9.17, 15) is 9.59 Å². The Morgan fingerprint density at radius 2 is 1.61 bits per heavy atom. The average molecular weight is 599 g/mol. The highest BCUT2D eigenvalue weighted by Gasteiger charge is 2.53. The van der Waals surface area contributed by atoms with Crippen LogP contribution in [0.15, 0.2) is 54.7 Å². The molecule has 0 saturated carbocycles. The van der Waals surface area contributed by atoms with E-state index in [0.717, 1.165) is 27.9 Å². The molecule has 4 atom stereocenters. The zero-order chi connectivity index (χ0) is 30.5. The van der Waals surface area contributed by atoms with Gasteiger partial charge in [-0.15, -0.1) is 5.10 Å². The number of hydrogen-bond acceptors (Lipinski definition) is 10. The summed E-state index contributed by atoms with van der Waals surface area (Å²) in [6, 6.07) is 14.6. The van der Waals surface area contributed by atoms with Crippen molar-refractivity contribution in [1.29, 1.82) is 0 Å². The zero-order valence-corrected chi connectivity index (χ0v) is 24.5. The molecule has 0 spiro atoms. The largest absolute Gasteiger partial charge is 0.493 e. The maximum Gasteiger partial charge on any atom is 0.310 e. The number of aryl methyl sites for hydroxylation is 1. The fourth-order valence-corrected chi connectivity index (χ4v) is 6.44. The molecule has 12 nitrogen and oxygen atoms in total. The zero-order valence-electron chi connectivity index (χ0n) is 24.5. The first kappa shape index (κ1) is 27.6. The van der Waals surface area contributed by atoms with Gasteiger partial charge in [0, 0.05) is 11.8 Å². The molecule has 3 heterocycles. The van der Waals surface area contributed by atoms with Crippen LogP contribution in [0.4, 0.5) is 0 Å². The number of carbonyl (C=O) groups is 2. The van der Waals surface area contributed by atoms with E-state index in [1.165, 1.54) is 7.11 Å². The lowest BCUT2D eigenvalue weighted by Crippen LogP contribution is -2.43. The number of ether oxygens (including phenoxy) is 6. The molecule has 1 N–H and O–H groups in total. The highest BCUT2D eigenvalue weighted by Crippen LogP contribution is 2.55. The Kier molecular flexibility index (Phi) is 6.75. The van der Waals surface area contributed by atoms with Gasteiger partial charge in [-0.05, 0) is 60.0 Å². The van der Waals surface area contributed by atoms with Gasteiger partial charge in [-0.25, -0.2) is 4.68 Å². The second kappa shape index (κ2) is 10.8. The first-order valence-electron chi connectivity index (χ1n) is 14.1. The van der Waals surface area contributed by atoms with Crippen LogP contribution in [0.3, 0.4) is 0 Å². The van der Waals surface area contributed by atoms with Gasteiger partial charge in [0.05, 0.1) is 51.8 Å². The van der Waals surface area contributed by atoms with Crippen LogP contribution in [0.25, 0.3) is 5.69 Å². The molecule has 1 saturated heterocycles. The van der Waals surface area contributed by atoms with Gasteiger partial charge >= 0.3 is 5.97 Å². The Morgan fingerprint density at radius 3 is 2.27 bits per heavy atom. The molecule has 1 aromatic heterocycles. The van der Waals surface area contributed by atoms with E-state index < -0.39 is 29.7 Å². The van der Waals surface area contributed by atoms with Gasteiger partial charge in [-0.3, -0.25) is 9.59 Å². The molecule has 3 aromatic carbocycles. The summed E-state index contributed by atoms with van der Waals surface area (Å²) in [6.45, 7) is 2.19. The molecule has 0 bridgehead atoms. The normalized spacial score (nSPS) is 21.2. The van der Waals surface area contributed by atoms with Crippen molar-refractivity contribution >= 4 is 11.9 Å². The number of carbonyl (C=O) groups excluding carboxylic acids is 2. The van der Waals surface area contributed by atoms with Crippen molar-refractivity contribution in [3.8, 4) is 34.4 Å². The number of hydrogen-bond donors (Lipinski definition) is 1. The SMILES string of the molecule is COc1cc([C@@H]2c3cc4c(cc3[C@@H](NC(=O)c3cn(-c5ccc(C)cc5)nn3)[C@H]3COC(=O)[C@H]23)OCO4)cc(OC)c1OC. The highest BCUT2D eigenvalue weighted by atomic mass is 16.7. The number of nitrogens with one attached hydrogen (secondary N) is 1. The molecule has 226 valence electrons. The molecule has 4 aromatic rings. The summed E-state index contributed by atoms with van der Waals surface area (Å²) in [4.78, 5) is 27.1. The number of aromatic nitrogens is 3. The number of rotatable bonds is 7. The molecule has 3 aliphatic rings. The number of nitrogens with zero attached hydrogens (tertiary/aromatic N) is 3. The molecular weight excluding hydrogens is 568 g/mol. The van der Waals surface area contributed by atoms with Crippen molar-refractivity contribution in [3.05, 3.63) is 82.7 Å². The lowest BCUT2D eigenvalue weighted by atomic mass is 9.65. The van der Waals surface area contributed by atoms with Gasteiger partial charge in [0.25, 0.3) is 5.91 Å². The maximum atomic E-state index is 13.7. The monoisotopic (exact) mass is 598 g/mol. The fourth-order valence-electron chi connectivity index (χ4n) is 6.44. The number of amides is 1. The van der Waals surface area contributed by atoms with Gasteiger partial charge in [0.2, 0.25) is 12.5 Å². The van der Waals surface area contributed by atoms with E-state index in [1.54, 1.807) is 25.1 Å². The number of fused-ring (bicyclic) bond motifs is 3. The summed E-state index contributed by atoms with van der Waals surface area (Å²) >= 11 is 0. The van der Waals surface area contributed by atoms with Crippen LogP contribution in [-0.4, -0.2) is 61.6 Å². The number of cyclic esters (lactones) is 1. The standard InChI is InChI=1S/C32H30N4O8/c1-16-5-7-18(8-6-16)36-13-22(34-35-36)31(37)33-29-20-12-24-23(43-15-44-24)11-19(20)27(28-21(29)14-42-32(28)38)17-9-25(39-2)30(41-4)26(10-17)40-3/h5-13,21,27-29H,14-15H2,1-4H3,(H,33,37)/t21-,27+,28-,29+/m0/s1. The van der Waals surface area contributed by atoms with Crippen LogP contribution in [0, 0.1) is 18.8 Å². The summed E-state index contributed by atoms with van der Waals surface area (Å²) in [5.74, 6) is 0.187. The average Bonchev–Trinajstić information content (AvgIpc) is 3.80. The Bertz CT molecular complexity index is 1740. The molecule has 0 unspecified atom stereocenters. The maximum absolute atomic E-state index is 13.7. The Labute approximate surface area is 252 Å². The molecule has 0 radical (unpaired) electrons. The molecule has 2 aliphatic heterocycles. The van der Waals surface area contributed by atoms with E-state index in [1.807, 2.05) is 55.5 Å². The molecule has 1 aliphatic carbocycles. The van der Waals surface area contributed by atoms with Crippen molar-refractivity contribution in [3.63, 3.8) is 0 Å². The third-order valence-electron chi connectivity index (χ3n) is 8.54. The smallest absolute Gasteiger partial charge is 0.310 e. The van der Waals surface area contributed by atoms with Crippen molar-refractivity contribution in [2.45, 2.75) is 18.9 Å². The van der Waals surface area contributed by atoms with Crippen molar-refractivity contribution in [1.82, 2.24) is 20.3 Å². The molecule has 12 heteroatoms. The fraction of sp³-hybridized carbons (Fsp3) is 0.312. The van der Waals surface area contributed by atoms with Crippen LogP contribution in [0.5, 0.6) is 28.7 Å². The van der Waals surface area contributed by atoms with Crippen LogP contribution in [0.1, 0.15) is 44.7 Å². The van der Waals surface area contributed by atoms with Crippen LogP contribution in [-0.2, 0) is 9.53 Å². The van der Waals surface area contributed by atoms with Gasteiger partial charge < -0.3 is 33.7 Å². The van der Waals surface area contributed by atoms with Crippen molar-refractivity contribution < 1.29 is 38.0 Å². The van der Waals surface area contributed by atoms with E-state index >= 15 is 0 Å². The summed E-state index contributed by atoms with van der Waals surface area (Å²) in [6.07, 6.45) is 1.58. The second-order valence-corrected chi connectivity index (χ2v) is 10.9. The van der Waals surface area contributed by atoms with Gasteiger partial charge in [0.15, 0.2) is 28.7 Å². The predicted octanol–water partition coefficient (Wildman–Crippen LogP) is 3.74. The minimum absolute atomic E-state index is 0.0706. The third kappa shape index (κ3) is 4.45. The minimum atomic E-state index is -0.626. The Balaban J connectivity index is 1.31.